The quantitative estimate of drug-likeness (QED) is 0.297. The van der Waals surface area contributed by atoms with Crippen molar-refractivity contribution < 1.29 is 14.3 Å². The van der Waals surface area contributed by atoms with Crippen LogP contribution in [0.15, 0.2) is 24.4 Å². The number of methoxy groups -OCH3 is 1. The van der Waals surface area contributed by atoms with Crippen molar-refractivity contribution in [1.82, 2.24) is 25.2 Å². The molecule has 1 aromatic carbocycles. The molecule has 2 amide bonds. The van der Waals surface area contributed by atoms with Gasteiger partial charge in [0, 0.05) is 5.92 Å². The lowest BCUT2D eigenvalue weighted by Crippen LogP contribution is -2.33. The molecule has 0 saturated carbocycles. The molecule has 2 aromatic heterocycles. The Morgan fingerprint density at radius 1 is 1.41 bits per heavy atom. The van der Waals surface area contributed by atoms with E-state index in [1.807, 2.05) is 11.5 Å². The summed E-state index contributed by atoms with van der Waals surface area (Å²) in [5.41, 5.74) is 7.99. The number of nitrogen functional groups attached to an aromatic ring is 1. The monoisotopic (exact) mass is 412 g/mol. The van der Waals surface area contributed by atoms with E-state index in [4.69, 9.17) is 21.6 Å². The van der Waals surface area contributed by atoms with Crippen molar-refractivity contribution in [3.8, 4) is 17.2 Å². The Labute approximate surface area is 168 Å². The van der Waals surface area contributed by atoms with Gasteiger partial charge in [0.1, 0.15) is 16.8 Å². The number of nitriles is 1. The summed E-state index contributed by atoms with van der Waals surface area (Å²) in [7, 11) is 1.41. The minimum atomic E-state index is -0.768. The Kier molecular flexibility index (Phi) is 5.53. The van der Waals surface area contributed by atoms with E-state index in [0.717, 1.165) is 11.3 Å². The number of hydrogen-bond acceptors (Lipinski definition) is 9. The summed E-state index contributed by atoms with van der Waals surface area (Å²) in [6.07, 6.45) is 1.42. The van der Waals surface area contributed by atoms with Gasteiger partial charge in [0.15, 0.2) is 0 Å². The van der Waals surface area contributed by atoms with Gasteiger partial charge in [-0.2, -0.15) is 14.9 Å². The van der Waals surface area contributed by atoms with Crippen LogP contribution in [-0.2, 0) is 0 Å². The topological polar surface area (TPSA) is 175 Å². The van der Waals surface area contributed by atoms with Crippen LogP contribution in [0.1, 0.15) is 49.8 Å². The van der Waals surface area contributed by atoms with Crippen LogP contribution < -0.4 is 21.7 Å². The van der Waals surface area contributed by atoms with Gasteiger partial charge in [-0.1, -0.05) is 30.4 Å². The van der Waals surface area contributed by atoms with Crippen molar-refractivity contribution >= 4 is 23.2 Å². The molecular weight excluding hydrogens is 396 g/mol. The van der Waals surface area contributed by atoms with E-state index < -0.39 is 17.7 Å². The second-order valence-electron chi connectivity index (χ2n) is 5.82. The average Bonchev–Trinajstić information content (AvgIpc) is 3.38. The molecule has 0 aliphatic heterocycles. The molecule has 3 aromatic rings. The van der Waals surface area contributed by atoms with E-state index in [0.29, 0.717) is 21.4 Å². The van der Waals surface area contributed by atoms with Crippen LogP contribution in [0.2, 0.25) is 0 Å². The van der Waals surface area contributed by atoms with Crippen molar-refractivity contribution in [2.45, 2.75) is 12.8 Å². The minimum absolute atomic E-state index is 0.0244. The summed E-state index contributed by atoms with van der Waals surface area (Å²) in [6.45, 7) is 1.77. The molecule has 0 saturated heterocycles. The summed E-state index contributed by atoms with van der Waals surface area (Å²) in [6, 6.07) is 6.80. The van der Waals surface area contributed by atoms with E-state index in [1.165, 1.54) is 24.1 Å². The summed E-state index contributed by atoms with van der Waals surface area (Å²) in [5, 5.41) is 13.7. The van der Waals surface area contributed by atoms with Gasteiger partial charge in [-0.15, -0.1) is 5.10 Å². The van der Waals surface area contributed by atoms with E-state index in [2.05, 4.69) is 15.1 Å². The standard InChI is InChI=1S/C17H16N8O3S/c1-8(10-4-3-5-11(13(19)26)12(10)15(27)23-20)14-22-16(28-2)24-25(14)17-21-7-9(6-18)29-17/h3-5,7-8H,20H2,1-2H3,(H2,19,26)(H,23,27). The molecule has 0 bridgehead atoms. The predicted molar refractivity (Wildman–Crippen MR) is 102 cm³/mol. The predicted octanol–water partition coefficient (Wildman–Crippen LogP) is 0.458. The third-order valence-corrected chi connectivity index (χ3v) is 5.03. The third kappa shape index (κ3) is 3.64. The Bertz CT molecular complexity index is 1130. The normalized spacial score (nSPS) is 11.5. The summed E-state index contributed by atoms with van der Waals surface area (Å²) in [4.78, 5) is 33.2. The van der Waals surface area contributed by atoms with Crippen LogP contribution in [0.25, 0.3) is 5.13 Å². The number of carbonyl (C=O) groups excluding carboxylic acids is 2. The molecular formula is C17H16N8O3S. The SMILES string of the molecule is COc1nc(C(C)c2cccc(C(N)=O)c2C(=O)NN)n(-c2ncc(C#N)s2)n1. The van der Waals surface area contributed by atoms with E-state index in [1.54, 1.807) is 19.1 Å². The number of thiazole rings is 1. The zero-order valence-electron chi connectivity index (χ0n) is 15.4. The Balaban J connectivity index is 2.19. The molecule has 2 heterocycles. The first kappa shape index (κ1) is 19.9. The molecule has 148 valence electrons. The number of hydrazine groups is 1. The number of nitrogens with zero attached hydrogens (tertiary/aromatic N) is 5. The highest BCUT2D eigenvalue weighted by Gasteiger charge is 2.27. The molecule has 0 radical (unpaired) electrons. The van der Waals surface area contributed by atoms with Gasteiger partial charge >= 0.3 is 6.01 Å². The highest BCUT2D eigenvalue weighted by atomic mass is 32.1. The van der Waals surface area contributed by atoms with Crippen molar-refractivity contribution in [3.63, 3.8) is 0 Å². The molecule has 0 fully saturated rings. The number of carbonyl (C=O) groups is 2. The van der Waals surface area contributed by atoms with Gasteiger partial charge in [0.25, 0.3) is 5.91 Å². The van der Waals surface area contributed by atoms with Crippen LogP contribution in [0, 0.1) is 11.3 Å². The number of nitrogens with one attached hydrogen (secondary N) is 1. The number of rotatable bonds is 6. The zero-order chi connectivity index (χ0) is 21.1. The van der Waals surface area contributed by atoms with Crippen LogP contribution in [0.5, 0.6) is 6.01 Å². The van der Waals surface area contributed by atoms with Gasteiger partial charge in [-0.3, -0.25) is 15.0 Å². The van der Waals surface area contributed by atoms with Crippen LogP contribution in [-0.4, -0.2) is 38.7 Å². The lowest BCUT2D eigenvalue weighted by molar-refractivity contribution is 0.0935. The molecule has 11 nitrogen and oxygen atoms in total. The molecule has 3 rings (SSSR count). The first-order valence-corrected chi connectivity index (χ1v) is 9.03. The maximum absolute atomic E-state index is 12.4. The number of amides is 2. The van der Waals surface area contributed by atoms with Gasteiger partial charge in [-0.05, 0) is 11.6 Å². The molecule has 5 N–H and O–H groups in total. The zero-order valence-corrected chi connectivity index (χ0v) is 16.2. The van der Waals surface area contributed by atoms with Crippen LogP contribution in [0.4, 0.5) is 0 Å². The largest absolute Gasteiger partial charge is 0.466 e. The second kappa shape index (κ2) is 8.05. The van der Waals surface area contributed by atoms with E-state index in [-0.39, 0.29) is 17.1 Å². The average molecular weight is 412 g/mol. The van der Waals surface area contributed by atoms with Crippen LogP contribution in [0.3, 0.4) is 0 Å². The number of aromatic nitrogens is 4. The molecule has 0 aliphatic rings. The minimum Gasteiger partial charge on any atom is -0.466 e. The number of ether oxygens (including phenoxy) is 1. The van der Waals surface area contributed by atoms with Crippen molar-refractivity contribution in [1.29, 1.82) is 5.26 Å². The molecule has 29 heavy (non-hydrogen) atoms. The maximum atomic E-state index is 12.4. The molecule has 12 heteroatoms. The van der Waals surface area contributed by atoms with Gasteiger partial charge in [-0.25, -0.2) is 10.8 Å². The first-order chi connectivity index (χ1) is 13.9. The van der Waals surface area contributed by atoms with Crippen molar-refractivity contribution in [3.05, 3.63) is 51.8 Å². The summed E-state index contributed by atoms with van der Waals surface area (Å²) < 4.78 is 6.56. The summed E-state index contributed by atoms with van der Waals surface area (Å²) >= 11 is 1.12. The molecule has 0 spiro atoms. The number of hydrogen-bond donors (Lipinski definition) is 3. The Hall–Kier alpha value is -3.82. The lowest BCUT2D eigenvalue weighted by atomic mass is 9.91. The Morgan fingerprint density at radius 2 is 2.17 bits per heavy atom. The molecule has 1 unspecified atom stereocenters. The summed E-state index contributed by atoms with van der Waals surface area (Å²) in [5.74, 6) is 3.72. The molecule has 0 aliphatic carbocycles. The van der Waals surface area contributed by atoms with E-state index >= 15 is 0 Å². The fourth-order valence-corrected chi connectivity index (χ4v) is 3.50. The van der Waals surface area contributed by atoms with Gasteiger partial charge < -0.3 is 10.5 Å². The van der Waals surface area contributed by atoms with E-state index in [9.17, 15) is 9.59 Å². The first-order valence-electron chi connectivity index (χ1n) is 8.22. The van der Waals surface area contributed by atoms with Gasteiger partial charge in [0.2, 0.25) is 11.0 Å². The third-order valence-electron chi connectivity index (χ3n) is 4.15. The van der Waals surface area contributed by atoms with Crippen molar-refractivity contribution in [2.24, 2.45) is 11.6 Å². The number of benzene rings is 1. The number of primary amides is 1. The maximum Gasteiger partial charge on any atom is 0.335 e. The van der Waals surface area contributed by atoms with Crippen LogP contribution >= 0.6 is 11.3 Å². The number of nitrogens with two attached hydrogens (primary N) is 2. The fraction of sp³-hybridized carbons (Fsp3) is 0.176. The molecule has 1 atom stereocenters. The fourth-order valence-electron chi connectivity index (χ4n) is 2.83. The second-order valence-corrected chi connectivity index (χ2v) is 6.83. The van der Waals surface area contributed by atoms with Gasteiger partial charge in [0.05, 0.1) is 24.4 Å². The lowest BCUT2D eigenvalue weighted by Gasteiger charge is -2.17. The highest BCUT2D eigenvalue weighted by Crippen LogP contribution is 2.31. The van der Waals surface area contributed by atoms with Crippen molar-refractivity contribution in [2.75, 3.05) is 7.11 Å². The highest BCUT2D eigenvalue weighted by molar-refractivity contribution is 7.14. The Morgan fingerprint density at radius 3 is 2.76 bits per heavy atom. The smallest absolute Gasteiger partial charge is 0.335 e.